The zero-order valence-electron chi connectivity index (χ0n) is 10.0. The van der Waals surface area contributed by atoms with E-state index < -0.39 is 11.5 Å². The molecule has 0 spiro atoms. The molecule has 0 bridgehead atoms. The first-order valence-corrected chi connectivity index (χ1v) is 5.63. The van der Waals surface area contributed by atoms with Crippen LogP contribution < -0.4 is 5.32 Å². The lowest BCUT2D eigenvalue weighted by Crippen LogP contribution is -2.50. The highest BCUT2D eigenvalue weighted by molar-refractivity contribution is 5.78. The second kappa shape index (κ2) is 7.65. The van der Waals surface area contributed by atoms with Crippen molar-refractivity contribution >= 4 is 5.97 Å². The third-order valence-corrected chi connectivity index (χ3v) is 2.33. The van der Waals surface area contributed by atoms with Crippen LogP contribution in [0.1, 0.15) is 40.0 Å². The van der Waals surface area contributed by atoms with Crippen molar-refractivity contribution in [2.45, 2.75) is 45.6 Å². The minimum absolute atomic E-state index is 0.570. The molecule has 0 heterocycles. The van der Waals surface area contributed by atoms with Crippen LogP contribution in [0.2, 0.25) is 0 Å². The first-order chi connectivity index (χ1) is 7.06. The van der Waals surface area contributed by atoms with Crippen LogP contribution in [0.3, 0.4) is 0 Å². The summed E-state index contributed by atoms with van der Waals surface area (Å²) in [6.07, 6.45) is 2.48. The highest BCUT2D eigenvalue weighted by Crippen LogP contribution is 2.11. The Morgan fingerprint density at radius 3 is 2.47 bits per heavy atom. The fourth-order valence-electron chi connectivity index (χ4n) is 1.42. The standard InChI is InChI=1S/C11H23NO3/c1-4-6-11(3,10(13)14)12-7-9-15-8-5-2/h12H,4-9H2,1-3H3,(H,13,14). The van der Waals surface area contributed by atoms with Crippen LogP contribution in [0, 0.1) is 0 Å². The van der Waals surface area contributed by atoms with Crippen molar-refractivity contribution in [1.29, 1.82) is 0 Å². The van der Waals surface area contributed by atoms with Gasteiger partial charge in [0, 0.05) is 13.2 Å². The Morgan fingerprint density at radius 2 is 2.00 bits per heavy atom. The fourth-order valence-corrected chi connectivity index (χ4v) is 1.42. The molecule has 0 aromatic carbocycles. The lowest BCUT2D eigenvalue weighted by Gasteiger charge is -2.25. The smallest absolute Gasteiger partial charge is 0.323 e. The number of nitrogens with one attached hydrogen (secondary N) is 1. The van der Waals surface area contributed by atoms with Gasteiger partial charge in [-0.2, -0.15) is 0 Å². The van der Waals surface area contributed by atoms with Crippen molar-refractivity contribution in [3.63, 3.8) is 0 Å². The molecule has 0 radical (unpaired) electrons. The van der Waals surface area contributed by atoms with Gasteiger partial charge in [0.05, 0.1) is 6.61 Å². The van der Waals surface area contributed by atoms with E-state index in [1.165, 1.54) is 0 Å². The van der Waals surface area contributed by atoms with Crippen LogP contribution in [-0.2, 0) is 9.53 Å². The number of aliphatic carboxylic acids is 1. The summed E-state index contributed by atoms with van der Waals surface area (Å²) < 4.78 is 5.28. The van der Waals surface area contributed by atoms with Crippen LogP contribution in [0.15, 0.2) is 0 Å². The molecular formula is C11H23NO3. The van der Waals surface area contributed by atoms with Gasteiger partial charge in [0.15, 0.2) is 0 Å². The van der Waals surface area contributed by atoms with Gasteiger partial charge in [-0.05, 0) is 19.8 Å². The summed E-state index contributed by atoms with van der Waals surface area (Å²) in [4.78, 5) is 11.0. The van der Waals surface area contributed by atoms with Gasteiger partial charge in [0.25, 0.3) is 0 Å². The van der Waals surface area contributed by atoms with Crippen LogP contribution in [0.5, 0.6) is 0 Å². The normalized spacial score (nSPS) is 14.9. The van der Waals surface area contributed by atoms with Gasteiger partial charge in [0.2, 0.25) is 0 Å². The summed E-state index contributed by atoms with van der Waals surface area (Å²) in [5.74, 6) is -0.792. The zero-order valence-corrected chi connectivity index (χ0v) is 10.0. The molecule has 0 saturated heterocycles. The Hall–Kier alpha value is -0.610. The van der Waals surface area contributed by atoms with Crippen molar-refractivity contribution in [2.24, 2.45) is 0 Å². The Bertz CT molecular complexity index is 185. The lowest BCUT2D eigenvalue weighted by molar-refractivity contribution is -0.144. The minimum Gasteiger partial charge on any atom is -0.480 e. The molecule has 0 rings (SSSR count). The summed E-state index contributed by atoms with van der Waals surface area (Å²) in [7, 11) is 0. The van der Waals surface area contributed by atoms with Crippen molar-refractivity contribution in [2.75, 3.05) is 19.8 Å². The molecule has 2 N–H and O–H groups in total. The fraction of sp³-hybridized carbons (Fsp3) is 0.909. The Balaban J connectivity index is 3.81. The number of carboxylic acid groups (broad SMARTS) is 1. The maximum absolute atomic E-state index is 11.0. The Morgan fingerprint density at radius 1 is 1.33 bits per heavy atom. The van der Waals surface area contributed by atoms with Gasteiger partial charge in [-0.3, -0.25) is 10.1 Å². The summed E-state index contributed by atoms with van der Waals surface area (Å²) in [6, 6.07) is 0. The van der Waals surface area contributed by atoms with E-state index in [-0.39, 0.29) is 0 Å². The summed E-state index contributed by atoms with van der Waals surface area (Å²) in [5.41, 5.74) is -0.815. The summed E-state index contributed by atoms with van der Waals surface area (Å²) in [5, 5.41) is 12.1. The first kappa shape index (κ1) is 14.4. The Kier molecular flexibility index (Phi) is 7.34. The van der Waals surface area contributed by atoms with Gasteiger partial charge >= 0.3 is 5.97 Å². The summed E-state index contributed by atoms with van der Waals surface area (Å²) >= 11 is 0. The largest absolute Gasteiger partial charge is 0.480 e. The van der Waals surface area contributed by atoms with E-state index in [0.717, 1.165) is 19.4 Å². The third-order valence-electron chi connectivity index (χ3n) is 2.33. The monoisotopic (exact) mass is 217 g/mol. The van der Waals surface area contributed by atoms with E-state index in [1.807, 2.05) is 13.8 Å². The predicted octanol–water partition coefficient (Wildman–Crippen LogP) is 1.65. The van der Waals surface area contributed by atoms with Crippen molar-refractivity contribution in [3.8, 4) is 0 Å². The Labute approximate surface area is 92.0 Å². The molecule has 15 heavy (non-hydrogen) atoms. The number of hydrogen-bond acceptors (Lipinski definition) is 3. The average molecular weight is 217 g/mol. The quantitative estimate of drug-likeness (QED) is 0.576. The van der Waals surface area contributed by atoms with Crippen molar-refractivity contribution < 1.29 is 14.6 Å². The number of carboxylic acids is 1. The molecule has 1 unspecified atom stereocenters. The average Bonchev–Trinajstić information content (AvgIpc) is 2.18. The van der Waals surface area contributed by atoms with Gasteiger partial charge in [-0.25, -0.2) is 0 Å². The van der Waals surface area contributed by atoms with E-state index in [1.54, 1.807) is 6.92 Å². The second-order valence-electron chi connectivity index (χ2n) is 3.93. The van der Waals surface area contributed by atoms with Gasteiger partial charge < -0.3 is 9.84 Å². The second-order valence-corrected chi connectivity index (χ2v) is 3.93. The van der Waals surface area contributed by atoms with Crippen LogP contribution in [0.25, 0.3) is 0 Å². The molecular weight excluding hydrogens is 194 g/mol. The van der Waals surface area contributed by atoms with Crippen LogP contribution in [0.4, 0.5) is 0 Å². The van der Waals surface area contributed by atoms with E-state index in [9.17, 15) is 4.79 Å². The van der Waals surface area contributed by atoms with Crippen molar-refractivity contribution in [3.05, 3.63) is 0 Å². The molecule has 4 heteroatoms. The number of ether oxygens (including phenoxy) is 1. The van der Waals surface area contributed by atoms with Crippen LogP contribution in [-0.4, -0.2) is 36.4 Å². The van der Waals surface area contributed by atoms with Gasteiger partial charge in [-0.15, -0.1) is 0 Å². The molecule has 4 nitrogen and oxygen atoms in total. The maximum Gasteiger partial charge on any atom is 0.323 e. The van der Waals surface area contributed by atoms with Crippen molar-refractivity contribution in [1.82, 2.24) is 5.32 Å². The molecule has 90 valence electrons. The maximum atomic E-state index is 11.0. The zero-order chi connectivity index (χ0) is 11.7. The van der Waals surface area contributed by atoms with E-state index >= 15 is 0 Å². The first-order valence-electron chi connectivity index (χ1n) is 5.63. The third kappa shape index (κ3) is 5.74. The van der Waals surface area contributed by atoms with Crippen LogP contribution >= 0.6 is 0 Å². The predicted molar refractivity (Wildman–Crippen MR) is 60.1 cm³/mol. The molecule has 0 fully saturated rings. The lowest BCUT2D eigenvalue weighted by atomic mass is 9.96. The van der Waals surface area contributed by atoms with E-state index in [4.69, 9.17) is 9.84 Å². The number of carbonyl (C=O) groups is 1. The molecule has 0 amide bonds. The highest BCUT2D eigenvalue weighted by Gasteiger charge is 2.30. The van der Waals surface area contributed by atoms with E-state index in [2.05, 4.69) is 5.32 Å². The summed E-state index contributed by atoms with van der Waals surface area (Å²) in [6.45, 7) is 7.64. The molecule has 1 atom stereocenters. The minimum atomic E-state index is -0.815. The number of rotatable bonds is 9. The van der Waals surface area contributed by atoms with Gasteiger partial charge in [0.1, 0.15) is 5.54 Å². The molecule has 0 saturated carbocycles. The highest BCUT2D eigenvalue weighted by atomic mass is 16.5. The molecule has 0 aliphatic carbocycles. The molecule has 0 aromatic rings. The number of hydrogen-bond donors (Lipinski definition) is 2. The molecule has 0 aliphatic rings. The molecule has 0 aliphatic heterocycles. The van der Waals surface area contributed by atoms with E-state index in [0.29, 0.717) is 19.6 Å². The van der Waals surface area contributed by atoms with Gasteiger partial charge in [-0.1, -0.05) is 20.3 Å². The SMILES string of the molecule is CCCOCCNC(C)(CCC)C(=O)O. The molecule has 0 aromatic heterocycles. The topological polar surface area (TPSA) is 58.6 Å².